The minimum atomic E-state index is 0.592. The first-order valence-electron chi connectivity index (χ1n) is 7.96. The van der Waals surface area contributed by atoms with Gasteiger partial charge in [-0.3, -0.25) is 15.0 Å². The number of nitrogens with one attached hydrogen (secondary N) is 1. The summed E-state index contributed by atoms with van der Waals surface area (Å²) in [4.78, 5) is 6.54. The van der Waals surface area contributed by atoms with Gasteiger partial charge in [0.1, 0.15) is 5.69 Å². The quantitative estimate of drug-likeness (QED) is 0.802. The van der Waals surface area contributed by atoms with Crippen LogP contribution in [-0.4, -0.2) is 38.3 Å². The Bertz CT molecular complexity index is 729. The van der Waals surface area contributed by atoms with Crippen molar-refractivity contribution in [2.24, 2.45) is 0 Å². The second-order valence-electron chi connectivity index (χ2n) is 5.98. The van der Waals surface area contributed by atoms with Crippen LogP contribution in [-0.2, 0) is 6.54 Å². The normalized spacial score (nSPS) is 16.7. The number of piperidine rings is 1. The van der Waals surface area contributed by atoms with Gasteiger partial charge in [-0.2, -0.15) is 5.10 Å². The molecule has 0 aromatic carbocycles. The van der Waals surface area contributed by atoms with Crippen LogP contribution in [0.2, 0.25) is 0 Å². The highest BCUT2D eigenvalue weighted by Gasteiger charge is 2.22. The Morgan fingerprint density at radius 3 is 2.87 bits per heavy atom. The molecule has 6 nitrogen and oxygen atoms in total. The van der Waals surface area contributed by atoms with Crippen LogP contribution in [0.1, 0.15) is 30.2 Å². The van der Waals surface area contributed by atoms with Gasteiger partial charge in [-0.1, -0.05) is 5.16 Å². The van der Waals surface area contributed by atoms with Crippen LogP contribution in [0.15, 0.2) is 47.4 Å². The molecule has 0 amide bonds. The van der Waals surface area contributed by atoms with Gasteiger partial charge in [0.25, 0.3) is 0 Å². The smallest absolute Gasteiger partial charge is 0.151 e. The lowest BCUT2D eigenvalue weighted by molar-refractivity contribution is 0.183. The lowest BCUT2D eigenvalue weighted by Crippen LogP contribution is -2.32. The third-order valence-electron chi connectivity index (χ3n) is 4.45. The van der Waals surface area contributed by atoms with E-state index in [9.17, 15) is 0 Å². The van der Waals surface area contributed by atoms with Crippen LogP contribution in [0.5, 0.6) is 0 Å². The molecule has 4 rings (SSSR count). The minimum absolute atomic E-state index is 0.592. The Hall–Kier alpha value is -2.47. The maximum Gasteiger partial charge on any atom is 0.151 e. The third kappa shape index (κ3) is 3.17. The molecular formula is C17H19N5O. The van der Waals surface area contributed by atoms with Crippen molar-refractivity contribution in [3.63, 3.8) is 0 Å². The summed E-state index contributed by atoms with van der Waals surface area (Å²) in [5, 5.41) is 11.3. The van der Waals surface area contributed by atoms with Gasteiger partial charge in [0, 0.05) is 41.8 Å². The minimum Gasteiger partial charge on any atom is -0.359 e. The molecule has 1 saturated heterocycles. The van der Waals surface area contributed by atoms with E-state index in [1.54, 1.807) is 12.4 Å². The maximum atomic E-state index is 5.49. The zero-order valence-corrected chi connectivity index (χ0v) is 12.9. The molecular weight excluding hydrogens is 290 g/mol. The molecule has 0 aliphatic carbocycles. The van der Waals surface area contributed by atoms with Crippen LogP contribution < -0.4 is 0 Å². The number of aromatic amines is 1. The number of hydrogen-bond donors (Lipinski definition) is 1. The first-order chi connectivity index (χ1) is 11.4. The average Bonchev–Trinajstić information content (AvgIpc) is 3.28. The maximum absolute atomic E-state index is 5.49. The highest BCUT2D eigenvalue weighted by Crippen LogP contribution is 2.27. The van der Waals surface area contributed by atoms with E-state index in [2.05, 4.69) is 31.3 Å². The highest BCUT2D eigenvalue weighted by atomic mass is 16.5. The number of hydrogen-bond acceptors (Lipinski definition) is 5. The fourth-order valence-corrected chi connectivity index (χ4v) is 3.15. The topological polar surface area (TPSA) is 70.8 Å². The van der Waals surface area contributed by atoms with Gasteiger partial charge in [-0.15, -0.1) is 0 Å². The van der Waals surface area contributed by atoms with Crippen molar-refractivity contribution in [1.82, 2.24) is 25.2 Å². The fourth-order valence-electron chi connectivity index (χ4n) is 3.15. The van der Waals surface area contributed by atoms with E-state index in [1.807, 2.05) is 24.4 Å². The largest absolute Gasteiger partial charge is 0.359 e. The van der Waals surface area contributed by atoms with E-state index in [-0.39, 0.29) is 0 Å². The van der Waals surface area contributed by atoms with E-state index < -0.39 is 0 Å². The van der Waals surface area contributed by atoms with Gasteiger partial charge in [-0.25, -0.2) is 0 Å². The molecule has 118 valence electrons. The Morgan fingerprint density at radius 2 is 2.13 bits per heavy atom. The first-order valence-corrected chi connectivity index (χ1v) is 7.96. The van der Waals surface area contributed by atoms with Crippen molar-refractivity contribution < 1.29 is 4.52 Å². The van der Waals surface area contributed by atoms with E-state index in [1.165, 1.54) is 5.69 Å². The number of rotatable bonds is 4. The predicted octanol–water partition coefficient (Wildman–Crippen LogP) is 2.84. The number of likely N-dealkylation sites (tertiary alicyclic amines) is 1. The molecule has 0 bridgehead atoms. The zero-order valence-electron chi connectivity index (χ0n) is 12.9. The van der Waals surface area contributed by atoms with Gasteiger partial charge in [0.2, 0.25) is 0 Å². The zero-order chi connectivity index (χ0) is 15.5. The second kappa shape index (κ2) is 6.34. The van der Waals surface area contributed by atoms with Crippen LogP contribution in [0.3, 0.4) is 0 Å². The summed E-state index contributed by atoms with van der Waals surface area (Å²) in [5.41, 5.74) is 3.09. The Morgan fingerprint density at radius 1 is 1.22 bits per heavy atom. The molecule has 1 aliphatic rings. The number of H-pyrrole nitrogens is 1. The van der Waals surface area contributed by atoms with Crippen LogP contribution in [0.4, 0.5) is 0 Å². The van der Waals surface area contributed by atoms with Crippen molar-refractivity contribution >= 4 is 0 Å². The van der Waals surface area contributed by atoms with Crippen LogP contribution in [0.25, 0.3) is 11.3 Å². The monoisotopic (exact) mass is 309 g/mol. The van der Waals surface area contributed by atoms with Crippen molar-refractivity contribution in [1.29, 1.82) is 0 Å². The van der Waals surface area contributed by atoms with Crippen molar-refractivity contribution in [3.8, 4) is 11.3 Å². The molecule has 1 aliphatic heterocycles. The molecule has 0 atom stereocenters. The molecule has 0 saturated carbocycles. The number of nitrogens with zero attached hydrogens (tertiary/aromatic N) is 4. The van der Waals surface area contributed by atoms with E-state index >= 15 is 0 Å². The van der Waals surface area contributed by atoms with Crippen LogP contribution in [0, 0.1) is 0 Å². The predicted molar refractivity (Wildman–Crippen MR) is 85.6 cm³/mol. The van der Waals surface area contributed by atoms with Crippen molar-refractivity contribution in [2.75, 3.05) is 13.1 Å². The van der Waals surface area contributed by atoms with E-state index in [0.717, 1.165) is 49.5 Å². The number of aromatic nitrogens is 4. The Kier molecular flexibility index (Phi) is 3.90. The summed E-state index contributed by atoms with van der Waals surface area (Å²) in [6.07, 6.45) is 7.68. The highest BCUT2D eigenvalue weighted by molar-refractivity contribution is 5.57. The molecule has 0 spiro atoms. The van der Waals surface area contributed by atoms with Gasteiger partial charge in [0.15, 0.2) is 5.76 Å². The standard InChI is InChI=1S/C17H19N5O/c1-2-14(11-18-6-1)17-10-15(23-21-17)12-22-8-4-13(5-9-22)16-3-7-19-20-16/h1-3,6-7,10-11,13H,4-5,8-9,12H2,(H,19,20). The van der Waals surface area contributed by atoms with Gasteiger partial charge in [0.05, 0.1) is 6.54 Å². The summed E-state index contributed by atoms with van der Waals surface area (Å²) in [6, 6.07) is 7.99. The van der Waals surface area contributed by atoms with E-state index in [4.69, 9.17) is 4.52 Å². The van der Waals surface area contributed by atoms with E-state index in [0.29, 0.717) is 5.92 Å². The molecule has 1 N–H and O–H groups in total. The molecule has 1 fully saturated rings. The van der Waals surface area contributed by atoms with Gasteiger partial charge in [-0.05, 0) is 44.1 Å². The van der Waals surface area contributed by atoms with Gasteiger partial charge >= 0.3 is 0 Å². The summed E-state index contributed by atoms with van der Waals surface area (Å²) >= 11 is 0. The lowest BCUT2D eigenvalue weighted by atomic mass is 9.94. The third-order valence-corrected chi connectivity index (χ3v) is 4.45. The van der Waals surface area contributed by atoms with Crippen LogP contribution >= 0.6 is 0 Å². The van der Waals surface area contributed by atoms with Gasteiger partial charge < -0.3 is 4.52 Å². The molecule has 3 aromatic heterocycles. The molecule has 6 heteroatoms. The molecule has 0 radical (unpaired) electrons. The number of pyridine rings is 1. The molecule has 3 aromatic rings. The van der Waals surface area contributed by atoms with Crippen molar-refractivity contribution in [2.45, 2.75) is 25.3 Å². The van der Waals surface area contributed by atoms with Crippen molar-refractivity contribution in [3.05, 3.63) is 54.3 Å². The summed E-state index contributed by atoms with van der Waals surface area (Å²) < 4.78 is 5.49. The summed E-state index contributed by atoms with van der Waals surface area (Å²) in [5.74, 6) is 1.50. The second-order valence-corrected chi connectivity index (χ2v) is 5.98. The lowest BCUT2D eigenvalue weighted by Gasteiger charge is -2.30. The average molecular weight is 309 g/mol. The molecule has 4 heterocycles. The summed E-state index contributed by atoms with van der Waals surface area (Å²) in [6.45, 7) is 2.93. The fraction of sp³-hybridized carbons (Fsp3) is 0.353. The first kappa shape index (κ1) is 14.1. The summed E-state index contributed by atoms with van der Waals surface area (Å²) in [7, 11) is 0. The Balaban J connectivity index is 1.36. The molecule has 23 heavy (non-hydrogen) atoms. The Labute approximate surface area is 134 Å². The molecule has 0 unspecified atom stereocenters. The SMILES string of the molecule is c1cncc(-c2cc(CN3CCC(c4ccn[nH]4)CC3)on2)c1.